The largest absolute Gasteiger partial charge is 0.496 e. The minimum absolute atomic E-state index is 0.545. The maximum Gasteiger partial charge on any atom is 0.198 e. The van der Waals surface area contributed by atoms with E-state index in [2.05, 4.69) is 21.8 Å². The first kappa shape index (κ1) is 20.8. The Labute approximate surface area is 195 Å². The van der Waals surface area contributed by atoms with E-state index in [1.165, 1.54) is 11.8 Å². The fourth-order valence-electron chi connectivity index (χ4n) is 3.53. The Kier molecular flexibility index (Phi) is 5.82. The topological polar surface area (TPSA) is 78.6 Å². The van der Waals surface area contributed by atoms with Gasteiger partial charge in [-0.2, -0.15) is 0 Å². The molecule has 0 saturated heterocycles. The summed E-state index contributed by atoms with van der Waals surface area (Å²) >= 11 is 1.46. The lowest BCUT2D eigenvalue weighted by molar-refractivity contribution is 0.416. The van der Waals surface area contributed by atoms with E-state index in [4.69, 9.17) is 14.7 Å². The van der Waals surface area contributed by atoms with Crippen LogP contribution < -0.4 is 4.74 Å². The fraction of sp³-hybridized carbons (Fsp3) is 0.0800. The number of methoxy groups -OCH3 is 1. The van der Waals surface area contributed by atoms with Gasteiger partial charge in [-0.3, -0.25) is 9.55 Å². The molecule has 0 unspecified atom stereocenters. The second-order valence-electron chi connectivity index (χ2n) is 7.11. The average molecular weight is 453 g/mol. The van der Waals surface area contributed by atoms with Crippen molar-refractivity contribution in [1.29, 1.82) is 0 Å². The number of para-hydroxylation sites is 2. The van der Waals surface area contributed by atoms with Crippen molar-refractivity contribution in [1.82, 2.24) is 29.7 Å². The minimum Gasteiger partial charge on any atom is -0.496 e. The summed E-state index contributed by atoms with van der Waals surface area (Å²) in [6, 6.07) is 19.5. The summed E-state index contributed by atoms with van der Waals surface area (Å²) in [5, 5.41) is 11.4. The first-order valence-corrected chi connectivity index (χ1v) is 11.1. The first-order chi connectivity index (χ1) is 16.3. The molecule has 0 aliphatic heterocycles. The second kappa shape index (κ2) is 9.22. The van der Waals surface area contributed by atoms with E-state index >= 15 is 0 Å². The van der Waals surface area contributed by atoms with Crippen LogP contribution in [0.3, 0.4) is 0 Å². The molecule has 5 aromatic rings. The number of pyridine rings is 1. The molecule has 0 aliphatic rings. The predicted octanol–water partition coefficient (Wildman–Crippen LogP) is 5.30. The van der Waals surface area contributed by atoms with Crippen LogP contribution in [0.4, 0.5) is 0 Å². The molecule has 0 spiro atoms. The van der Waals surface area contributed by atoms with Crippen molar-refractivity contribution in [3.8, 4) is 28.5 Å². The summed E-state index contributed by atoms with van der Waals surface area (Å²) < 4.78 is 7.56. The molecule has 3 heterocycles. The number of rotatable bonds is 7. The molecule has 0 bridgehead atoms. The molecule has 33 heavy (non-hydrogen) atoms. The second-order valence-corrected chi connectivity index (χ2v) is 8.07. The van der Waals surface area contributed by atoms with Crippen molar-refractivity contribution in [3.05, 3.63) is 85.7 Å². The van der Waals surface area contributed by atoms with E-state index in [0.29, 0.717) is 23.4 Å². The highest BCUT2D eigenvalue weighted by molar-refractivity contribution is 7.99. The van der Waals surface area contributed by atoms with Crippen molar-refractivity contribution in [3.63, 3.8) is 0 Å². The van der Waals surface area contributed by atoms with Crippen molar-refractivity contribution in [2.24, 2.45) is 0 Å². The van der Waals surface area contributed by atoms with Gasteiger partial charge in [0.25, 0.3) is 0 Å². The third-order valence-electron chi connectivity index (χ3n) is 5.07. The minimum atomic E-state index is 0.545. The molecule has 0 fully saturated rings. The van der Waals surface area contributed by atoms with E-state index in [-0.39, 0.29) is 0 Å². The van der Waals surface area contributed by atoms with Gasteiger partial charge in [0.15, 0.2) is 16.8 Å². The molecule has 0 radical (unpaired) electrons. The van der Waals surface area contributed by atoms with E-state index in [0.717, 1.165) is 32.8 Å². The average Bonchev–Trinajstić information content (AvgIpc) is 3.26. The molecule has 0 aliphatic carbocycles. The standard InChI is InChI=1S/C25H20N6OS/c1-3-16-31-23(19-9-5-7-11-21(19)32-2)29-30-25(31)33-24-18-8-4-6-10-20(18)27-22(28-24)17-12-14-26-15-13-17/h3-15H,1,16H2,2H3. The quantitative estimate of drug-likeness (QED) is 0.245. The van der Waals surface area contributed by atoms with Gasteiger partial charge in [-0.15, -0.1) is 16.8 Å². The Morgan fingerprint density at radius 3 is 2.58 bits per heavy atom. The molecule has 0 N–H and O–H groups in total. The summed E-state index contributed by atoms with van der Waals surface area (Å²) in [6.45, 7) is 4.46. The van der Waals surface area contributed by atoms with Crippen molar-refractivity contribution in [2.75, 3.05) is 7.11 Å². The fourth-order valence-corrected chi connectivity index (χ4v) is 4.47. The van der Waals surface area contributed by atoms with Crippen LogP contribution in [-0.2, 0) is 6.54 Å². The van der Waals surface area contributed by atoms with Gasteiger partial charge < -0.3 is 4.74 Å². The number of aromatic nitrogens is 6. The van der Waals surface area contributed by atoms with Crippen LogP contribution in [0, 0.1) is 0 Å². The van der Waals surface area contributed by atoms with E-state index < -0.39 is 0 Å². The molecular weight excluding hydrogens is 432 g/mol. The Bertz CT molecular complexity index is 1430. The Balaban J connectivity index is 1.63. The van der Waals surface area contributed by atoms with Crippen molar-refractivity contribution >= 4 is 22.7 Å². The number of hydrogen-bond donors (Lipinski definition) is 0. The van der Waals surface area contributed by atoms with Crippen LogP contribution in [0.1, 0.15) is 0 Å². The monoisotopic (exact) mass is 452 g/mol. The number of benzene rings is 2. The van der Waals surface area contributed by atoms with Crippen molar-refractivity contribution < 1.29 is 4.74 Å². The van der Waals surface area contributed by atoms with Crippen molar-refractivity contribution in [2.45, 2.75) is 16.7 Å². The van der Waals surface area contributed by atoms with Crippen LogP contribution >= 0.6 is 11.8 Å². The number of hydrogen-bond acceptors (Lipinski definition) is 7. The molecular formula is C25H20N6OS. The Hall–Kier alpha value is -4.04. The lowest BCUT2D eigenvalue weighted by atomic mass is 10.2. The van der Waals surface area contributed by atoms with E-state index in [1.54, 1.807) is 19.5 Å². The van der Waals surface area contributed by atoms with Crippen LogP contribution in [0.5, 0.6) is 5.75 Å². The maximum atomic E-state index is 5.54. The van der Waals surface area contributed by atoms with Gasteiger partial charge in [-0.25, -0.2) is 9.97 Å². The molecule has 2 aromatic carbocycles. The molecule has 0 amide bonds. The van der Waals surface area contributed by atoms with Crippen LogP contribution in [0.15, 0.2) is 95.9 Å². The zero-order valence-corrected chi connectivity index (χ0v) is 18.7. The highest BCUT2D eigenvalue weighted by Gasteiger charge is 2.19. The third kappa shape index (κ3) is 4.08. The van der Waals surface area contributed by atoms with E-state index in [9.17, 15) is 0 Å². The van der Waals surface area contributed by atoms with Gasteiger partial charge in [0.2, 0.25) is 0 Å². The first-order valence-electron chi connectivity index (χ1n) is 10.3. The molecule has 7 nitrogen and oxygen atoms in total. The summed E-state index contributed by atoms with van der Waals surface area (Å²) in [7, 11) is 1.65. The number of fused-ring (bicyclic) bond motifs is 1. The van der Waals surface area contributed by atoms with Gasteiger partial charge in [0.1, 0.15) is 10.8 Å². The van der Waals surface area contributed by atoms with Gasteiger partial charge in [-0.05, 0) is 42.1 Å². The van der Waals surface area contributed by atoms with Crippen LogP contribution in [-0.4, -0.2) is 36.8 Å². The Morgan fingerprint density at radius 1 is 0.970 bits per heavy atom. The van der Waals surface area contributed by atoms with Gasteiger partial charge in [0, 0.05) is 29.9 Å². The predicted molar refractivity (Wildman–Crippen MR) is 129 cm³/mol. The molecule has 8 heteroatoms. The normalized spacial score (nSPS) is 10.9. The highest BCUT2D eigenvalue weighted by Crippen LogP contribution is 2.36. The highest BCUT2D eigenvalue weighted by atomic mass is 32.2. The number of nitrogens with zero attached hydrogens (tertiary/aromatic N) is 6. The zero-order chi connectivity index (χ0) is 22.6. The molecule has 0 saturated carbocycles. The van der Waals surface area contributed by atoms with Gasteiger partial charge in [-0.1, -0.05) is 36.4 Å². The van der Waals surface area contributed by atoms with Crippen LogP contribution in [0.2, 0.25) is 0 Å². The smallest absolute Gasteiger partial charge is 0.198 e. The van der Waals surface area contributed by atoms with Gasteiger partial charge in [0.05, 0.1) is 18.2 Å². The molecule has 3 aromatic heterocycles. The summed E-state index contributed by atoms with van der Waals surface area (Å²) in [6.07, 6.45) is 5.30. The summed E-state index contributed by atoms with van der Waals surface area (Å²) in [5.41, 5.74) is 2.63. The number of ether oxygens (including phenoxy) is 1. The molecule has 5 rings (SSSR count). The maximum absolute atomic E-state index is 5.54. The summed E-state index contributed by atoms with van der Waals surface area (Å²) in [4.78, 5) is 13.7. The number of allylic oxidation sites excluding steroid dienone is 1. The zero-order valence-electron chi connectivity index (χ0n) is 17.9. The SMILES string of the molecule is C=CCn1c(Sc2nc(-c3ccncc3)nc3ccccc23)nnc1-c1ccccc1OC. The Morgan fingerprint density at radius 2 is 1.76 bits per heavy atom. The lowest BCUT2D eigenvalue weighted by Gasteiger charge is -2.11. The molecule has 162 valence electrons. The lowest BCUT2D eigenvalue weighted by Crippen LogP contribution is -2.02. The molecule has 0 atom stereocenters. The third-order valence-corrected chi connectivity index (χ3v) is 6.06. The van der Waals surface area contributed by atoms with Gasteiger partial charge >= 0.3 is 0 Å². The summed E-state index contributed by atoms with van der Waals surface area (Å²) in [5.74, 6) is 2.08. The van der Waals surface area contributed by atoms with E-state index in [1.807, 2.05) is 71.3 Å². The van der Waals surface area contributed by atoms with Crippen LogP contribution in [0.25, 0.3) is 33.7 Å².